The summed E-state index contributed by atoms with van der Waals surface area (Å²) in [7, 11) is 0. The molecule has 0 amide bonds. The molecule has 0 aliphatic carbocycles. The van der Waals surface area contributed by atoms with Crippen molar-refractivity contribution in [2.75, 3.05) is 0 Å². The Balaban J connectivity index is 0.000000179. The average molecular weight is 1130 g/mol. The molecule has 3 radical (unpaired) electrons. The Morgan fingerprint density at radius 1 is 0.556 bits per heavy atom. The standard InChI is InChI=1S/2C13H9NO.C9H8N3.3Ir/c15-11-5-1-3-9-6-7-10-4-2-8-14-13(10)12(9)11;15-12-7-3-5-10-8-9-4-1-2-6-11(9)14-13(10)12;1-7-6-9(12-11-7)8-4-2-3-5-10-8;;;/h2*1-8,15H;2-6H,1H3;;;/q;;-1;;;. The number of hydrogen-bond acceptors (Lipinski definition) is 6. The van der Waals surface area contributed by atoms with Crippen LogP contribution < -0.4 is 5.10 Å². The van der Waals surface area contributed by atoms with E-state index >= 15 is 0 Å². The second-order valence-electron chi connectivity index (χ2n) is 9.63. The quantitative estimate of drug-likeness (QED) is 0.129. The van der Waals surface area contributed by atoms with Gasteiger partial charge in [-0.25, -0.2) is 4.98 Å². The topological polar surface area (TPSA) is 106 Å². The first-order chi connectivity index (χ1) is 20.6. The van der Waals surface area contributed by atoms with Crippen LogP contribution in [0.3, 0.4) is 0 Å². The zero-order valence-corrected chi connectivity index (χ0v) is 30.9. The molecule has 0 saturated heterocycles. The third-order valence-corrected chi connectivity index (χ3v) is 6.71. The largest absolute Gasteiger partial charge is 0.574 e. The third kappa shape index (κ3) is 8.24. The summed E-state index contributed by atoms with van der Waals surface area (Å²) in [5.74, 6) is 0.523. The molecule has 0 unspecified atom stereocenters. The van der Waals surface area contributed by atoms with E-state index in [1.807, 2.05) is 110 Å². The number of para-hydroxylation sites is 2. The van der Waals surface area contributed by atoms with Crippen LogP contribution in [0.5, 0.6) is 11.5 Å². The minimum absolute atomic E-state index is 0. The molecule has 10 heteroatoms. The molecule has 8 aromatic rings. The maximum atomic E-state index is 9.83. The minimum Gasteiger partial charge on any atom is -0.574 e. The Morgan fingerprint density at radius 2 is 1.22 bits per heavy atom. The molecule has 231 valence electrons. The monoisotopic (exact) mass is 1130 g/mol. The van der Waals surface area contributed by atoms with Crippen LogP contribution in [-0.4, -0.2) is 30.3 Å². The zero-order chi connectivity index (χ0) is 28.9. The van der Waals surface area contributed by atoms with Crippen molar-refractivity contribution < 1.29 is 70.5 Å². The first-order valence-corrected chi connectivity index (χ1v) is 13.4. The van der Waals surface area contributed by atoms with Crippen LogP contribution in [0.1, 0.15) is 5.69 Å². The van der Waals surface area contributed by atoms with Crippen LogP contribution in [0.25, 0.3) is 54.9 Å². The molecule has 2 N–H and O–H groups in total. The van der Waals surface area contributed by atoms with Crippen LogP contribution in [0.2, 0.25) is 0 Å². The molecule has 4 heterocycles. The van der Waals surface area contributed by atoms with Gasteiger partial charge < -0.3 is 20.4 Å². The fraction of sp³-hybridized carbons (Fsp3) is 0.0286. The van der Waals surface area contributed by atoms with E-state index in [9.17, 15) is 10.2 Å². The SMILES string of the molecule is Cc1cc(-c2ccccn2)[n-]n1.Oc1cccc2cc3ccccc3nc12.Oc1cccc2ccc3cccnc3c12.[Ir].[Ir].[Ir]. The van der Waals surface area contributed by atoms with Gasteiger partial charge in [-0.3, -0.25) is 9.97 Å². The van der Waals surface area contributed by atoms with Crippen molar-refractivity contribution in [3.05, 3.63) is 133 Å². The van der Waals surface area contributed by atoms with Gasteiger partial charge >= 0.3 is 0 Å². The Bertz CT molecular complexity index is 2150. The van der Waals surface area contributed by atoms with Gasteiger partial charge in [0.15, 0.2) is 0 Å². The maximum Gasteiger partial charge on any atom is 0.141 e. The number of fused-ring (bicyclic) bond motifs is 5. The van der Waals surface area contributed by atoms with Crippen molar-refractivity contribution in [3.8, 4) is 22.9 Å². The minimum atomic E-state index is 0. The molecule has 45 heavy (non-hydrogen) atoms. The maximum absolute atomic E-state index is 9.83. The fourth-order valence-corrected chi connectivity index (χ4v) is 4.71. The number of aromatic nitrogens is 5. The second kappa shape index (κ2) is 16.4. The van der Waals surface area contributed by atoms with Gasteiger partial charge in [-0.1, -0.05) is 78.5 Å². The first-order valence-electron chi connectivity index (χ1n) is 13.4. The number of aryl methyl sites for hydroxylation is 1. The smallest absolute Gasteiger partial charge is 0.141 e. The molecule has 0 atom stereocenters. The van der Waals surface area contributed by atoms with E-state index in [0.29, 0.717) is 5.52 Å². The molecule has 0 spiro atoms. The number of aromatic hydroxyl groups is 2. The molecule has 0 bridgehead atoms. The summed E-state index contributed by atoms with van der Waals surface area (Å²) in [5.41, 5.74) is 5.07. The summed E-state index contributed by atoms with van der Waals surface area (Å²) in [5, 5.41) is 32.3. The van der Waals surface area contributed by atoms with Gasteiger partial charge in [0.1, 0.15) is 17.0 Å². The average Bonchev–Trinajstić information content (AvgIpc) is 3.48. The number of rotatable bonds is 1. The molecule has 0 saturated carbocycles. The van der Waals surface area contributed by atoms with Gasteiger partial charge in [-0.2, -0.15) is 0 Å². The summed E-state index contributed by atoms with van der Waals surface area (Å²) < 4.78 is 0. The molecular weight excluding hydrogens is 1100 g/mol. The first kappa shape index (κ1) is 35.6. The molecule has 0 aliphatic heterocycles. The molecule has 0 aliphatic rings. The van der Waals surface area contributed by atoms with E-state index in [-0.39, 0.29) is 71.8 Å². The van der Waals surface area contributed by atoms with Crippen molar-refractivity contribution in [1.82, 2.24) is 25.1 Å². The van der Waals surface area contributed by atoms with Crippen LogP contribution in [0.4, 0.5) is 0 Å². The predicted molar refractivity (Wildman–Crippen MR) is 167 cm³/mol. The molecule has 8 rings (SSSR count). The van der Waals surface area contributed by atoms with Crippen LogP contribution in [0.15, 0.2) is 128 Å². The molecule has 0 fully saturated rings. The number of phenols is 2. The van der Waals surface area contributed by atoms with Gasteiger partial charge in [0.25, 0.3) is 0 Å². The zero-order valence-electron chi connectivity index (χ0n) is 23.8. The van der Waals surface area contributed by atoms with Crippen LogP contribution in [0, 0.1) is 6.92 Å². The van der Waals surface area contributed by atoms with Crippen molar-refractivity contribution >= 4 is 43.5 Å². The molecule has 4 aromatic heterocycles. The van der Waals surface area contributed by atoms with Gasteiger partial charge in [0, 0.05) is 106 Å². The van der Waals surface area contributed by atoms with Gasteiger partial charge in [0.2, 0.25) is 0 Å². The second-order valence-corrected chi connectivity index (χ2v) is 9.63. The summed E-state index contributed by atoms with van der Waals surface area (Å²) in [4.78, 5) is 12.9. The van der Waals surface area contributed by atoms with Crippen molar-refractivity contribution in [3.63, 3.8) is 0 Å². The van der Waals surface area contributed by atoms with Gasteiger partial charge in [-0.05, 0) is 54.8 Å². The third-order valence-electron chi connectivity index (χ3n) is 6.71. The molecular formula is C35H26Ir3N5O2-. The molecule has 7 nitrogen and oxygen atoms in total. The predicted octanol–water partition coefficient (Wildman–Crippen LogP) is 7.59. The van der Waals surface area contributed by atoms with Crippen molar-refractivity contribution in [2.24, 2.45) is 0 Å². The summed E-state index contributed by atoms with van der Waals surface area (Å²) in [6, 6.07) is 36.4. The summed E-state index contributed by atoms with van der Waals surface area (Å²) >= 11 is 0. The Hall–Kier alpha value is -3.87. The molecule has 4 aromatic carbocycles. The van der Waals surface area contributed by atoms with E-state index in [1.54, 1.807) is 24.5 Å². The number of pyridine rings is 3. The van der Waals surface area contributed by atoms with Gasteiger partial charge in [-0.15, -0.1) is 0 Å². The van der Waals surface area contributed by atoms with Crippen molar-refractivity contribution in [1.29, 1.82) is 0 Å². The number of benzene rings is 4. The Labute approximate surface area is 300 Å². The van der Waals surface area contributed by atoms with E-state index < -0.39 is 0 Å². The van der Waals surface area contributed by atoms with E-state index in [1.165, 1.54) is 0 Å². The van der Waals surface area contributed by atoms with Crippen molar-refractivity contribution in [2.45, 2.75) is 6.92 Å². The van der Waals surface area contributed by atoms with Crippen LogP contribution in [-0.2, 0) is 60.3 Å². The fourth-order valence-electron chi connectivity index (χ4n) is 4.71. The van der Waals surface area contributed by atoms with E-state index in [4.69, 9.17) is 0 Å². The Morgan fingerprint density at radius 3 is 1.98 bits per heavy atom. The van der Waals surface area contributed by atoms with E-state index in [0.717, 1.165) is 55.0 Å². The number of nitrogens with zero attached hydrogens (tertiary/aromatic N) is 5. The van der Waals surface area contributed by atoms with Crippen LogP contribution >= 0.6 is 0 Å². The number of phenolic OH excluding ortho intramolecular Hbond substituents is 2. The summed E-state index contributed by atoms with van der Waals surface area (Å²) in [6.45, 7) is 1.92. The summed E-state index contributed by atoms with van der Waals surface area (Å²) in [6.07, 6.45) is 3.49. The van der Waals surface area contributed by atoms with E-state index in [2.05, 4.69) is 25.1 Å². The van der Waals surface area contributed by atoms with Gasteiger partial charge in [0.05, 0.1) is 11.0 Å². The Kier molecular flexibility index (Phi) is 13.0. The normalized spacial score (nSPS) is 9.98. The number of hydrogen-bond donors (Lipinski definition) is 2.